The summed E-state index contributed by atoms with van der Waals surface area (Å²) in [5.74, 6) is 0. The predicted molar refractivity (Wildman–Crippen MR) is 53.4 cm³/mol. The van der Waals surface area contributed by atoms with Gasteiger partial charge in [0.25, 0.3) is 0 Å². The Morgan fingerprint density at radius 3 is 2.25 bits per heavy atom. The highest BCUT2D eigenvalue weighted by Crippen LogP contribution is 2.21. The minimum Gasteiger partial charge on any atom is -0.385 e. The average Bonchev–Trinajstić information content (AvgIpc) is 1.95. The third-order valence-corrected chi connectivity index (χ3v) is 1.94. The zero-order valence-corrected chi connectivity index (χ0v) is 9.11. The molecular weight excluding hydrogens is 150 g/mol. The van der Waals surface area contributed by atoms with Crippen molar-refractivity contribution in [1.29, 1.82) is 0 Å². The van der Waals surface area contributed by atoms with Crippen LogP contribution in [0.25, 0.3) is 0 Å². The molecule has 0 bridgehead atoms. The van der Waals surface area contributed by atoms with Gasteiger partial charge < -0.3 is 10.1 Å². The van der Waals surface area contributed by atoms with Gasteiger partial charge in [-0.2, -0.15) is 0 Å². The van der Waals surface area contributed by atoms with Crippen molar-refractivity contribution in [2.24, 2.45) is 5.41 Å². The Kier molecular flexibility index (Phi) is 5.51. The van der Waals surface area contributed by atoms with Crippen LogP contribution in [-0.2, 0) is 4.74 Å². The molecule has 1 atom stereocenters. The summed E-state index contributed by atoms with van der Waals surface area (Å²) in [5, 5.41) is 3.31. The van der Waals surface area contributed by atoms with Crippen LogP contribution in [0, 0.1) is 5.41 Å². The summed E-state index contributed by atoms with van der Waals surface area (Å²) in [4.78, 5) is 0. The van der Waals surface area contributed by atoms with E-state index in [4.69, 9.17) is 4.74 Å². The van der Waals surface area contributed by atoms with Crippen LogP contribution >= 0.6 is 0 Å². The van der Waals surface area contributed by atoms with E-state index in [1.54, 1.807) is 7.11 Å². The molecule has 2 heteroatoms. The second-order valence-corrected chi connectivity index (χ2v) is 4.53. The first kappa shape index (κ1) is 11.9. The lowest BCUT2D eigenvalue weighted by Crippen LogP contribution is -2.31. The molecule has 0 aromatic rings. The first-order chi connectivity index (χ1) is 5.49. The molecule has 0 rings (SSSR count). The largest absolute Gasteiger partial charge is 0.385 e. The van der Waals surface area contributed by atoms with Gasteiger partial charge in [-0.15, -0.1) is 0 Å². The van der Waals surface area contributed by atoms with Crippen molar-refractivity contribution in [3.8, 4) is 0 Å². The van der Waals surface area contributed by atoms with Crippen LogP contribution in [-0.4, -0.2) is 26.8 Å². The van der Waals surface area contributed by atoms with E-state index in [-0.39, 0.29) is 0 Å². The molecule has 0 aliphatic carbocycles. The summed E-state index contributed by atoms with van der Waals surface area (Å²) in [6.45, 7) is 7.65. The topological polar surface area (TPSA) is 21.3 Å². The van der Waals surface area contributed by atoms with Crippen molar-refractivity contribution in [3.05, 3.63) is 0 Å². The maximum Gasteiger partial charge on any atom is 0.0477 e. The number of rotatable bonds is 5. The van der Waals surface area contributed by atoms with Gasteiger partial charge in [-0.1, -0.05) is 20.8 Å². The minimum absolute atomic E-state index is 0.404. The molecular formula is C10H23NO. The molecule has 0 saturated carbocycles. The lowest BCUT2D eigenvalue weighted by Gasteiger charge is -2.25. The standard InChI is InChI=1S/C10H23NO/c1-10(2,3)8-9(11-4)6-7-12-5/h9,11H,6-8H2,1-5H3. The van der Waals surface area contributed by atoms with Gasteiger partial charge in [0.05, 0.1) is 0 Å². The van der Waals surface area contributed by atoms with Crippen LogP contribution in [0.15, 0.2) is 0 Å². The summed E-state index contributed by atoms with van der Waals surface area (Å²) in [5.41, 5.74) is 0.404. The molecule has 0 amide bonds. The predicted octanol–water partition coefficient (Wildman–Crippen LogP) is 2.05. The van der Waals surface area contributed by atoms with Crippen LogP contribution in [0.5, 0.6) is 0 Å². The van der Waals surface area contributed by atoms with E-state index < -0.39 is 0 Å². The second kappa shape index (κ2) is 5.55. The molecule has 0 aromatic carbocycles. The quantitative estimate of drug-likeness (QED) is 0.687. The smallest absolute Gasteiger partial charge is 0.0477 e. The summed E-state index contributed by atoms with van der Waals surface area (Å²) in [6, 6.07) is 0.588. The lowest BCUT2D eigenvalue weighted by atomic mass is 9.87. The molecule has 0 spiro atoms. The molecule has 1 N–H and O–H groups in total. The van der Waals surface area contributed by atoms with Crippen molar-refractivity contribution in [2.45, 2.75) is 39.7 Å². The highest BCUT2D eigenvalue weighted by molar-refractivity contribution is 4.72. The molecule has 0 aliphatic heterocycles. The van der Waals surface area contributed by atoms with Gasteiger partial charge >= 0.3 is 0 Å². The van der Waals surface area contributed by atoms with Crippen molar-refractivity contribution in [3.63, 3.8) is 0 Å². The molecule has 0 aliphatic rings. The lowest BCUT2D eigenvalue weighted by molar-refractivity contribution is 0.173. The maximum atomic E-state index is 5.05. The van der Waals surface area contributed by atoms with E-state index in [1.807, 2.05) is 7.05 Å². The average molecular weight is 173 g/mol. The summed E-state index contributed by atoms with van der Waals surface area (Å²) in [7, 11) is 3.77. The fraction of sp³-hybridized carbons (Fsp3) is 1.00. The van der Waals surface area contributed by atoms with Gasteiger partial charge in [0.15, 0.2) is 0 Å². The van der Waals surface area contributed by atoms with Crippen molar-refractivity contribution in [2.75, 3.05) is 20.8 Å². The van der Waals surface area contributed by atoms with Crippen molar-refractivity contribution >= 4 is 0 Å². The zero-order valence-electron chi connectivity index (χ0n) is 9.11. The monoisotopic (exact) mass is 173 g/mol. The second-order valence-electron chi connectivity index (χ2n) is 4.53. The van der Waals surface area contributed by atoms with Gasteiger partial charge in [-0.3, -0.25) is 0 Å². The Hall–Kier alpha value is -0.0800. The van der Waals surface area contributed by atoms with E-state index in [2.05, 4.69) is 26.1 Å². The van der Waals surface area contributed by atoms with Gasteiger partial charge in [0.2, 0.25) is 0 Å². The Morgan fingerprint density at radius 1 is 1.33 bits per heavy atom. The van der Waals surface area contributed by atoms with Crippen LogP contribution in [0.2, 0.25) is 0 Å². The molecule has 2 nitrogen and oxygen atoms in total. The minimum atomic E-state index is 0.404. The molecule has 0 aromatic heterocycles. The normalized spacial score (nSPS) is 14.8. The highest BCUT2D eigenvalue weighted by atomic mass is 16.5. The SMILES string of the molecule is CNC(CCOC)CC(C)(C)C. The highest BCUT2D eigenvalue weighted by Gasteiger charge is 2.16. The number of nitrogens with one attached hydrogen (secondary N) is 1. The van der Waals surface area contributed by atoms with Crippen molar-refractivity contribution in [1.82, 2.24) is 5.32 Å². The molecule has 1 unspecified atom stereocenters. The van der Waals surface area contributed by atoms with E-state index >= 15 is 0 Å². The molecule has 0 heterocycles. The fourth-order valence-electron chi connectivity index (χ4n) is 1.35. The number of hydrogen-bond acceptors (Lipinski definition) is 2. The van der Waals surface area contributed by atoms with Gasteiger partial charge in [0, 0.05) is 19.8 Å². The first-order valence-electron chi connectivity index (χ1n) is 4.66. The Bertz CT molecular complexity index is 107. The number of methoxy groups -OCH3 is 1. The van der Waals surface area contributed by atoms with Crippen LogP contribution in [0.3, 0.4) is 0 Å². The Balaban J connectivity index is 3.67. The molecule has 0 saturated heterocycles. The van der Waals surface area contributed by atoms with E-state index in [1.165, 1.54) is 6.42 Å². The molecule has 0 fully saturated rings. The van der Waals surface area contributed by atoms with Crippen molar-refractivity contribution < 1.29 is 4.74 Å². The third kappa shape index (κ3) is 6.62. The van der Waals surface area contributed by atoms with Crippen LogP contribution < -0.4 is 5.32 Å². The molecule has 12 heavy (non-hydrogen) atoms. The Labute approximate surface area is 76.7 Å². The van der Waals surface area contributed by atoms with E-state index in [0.717, 1.165) is 13.0 Å². The summed E-state index contributed by atoms with van der Waals surface area (Å²) in [6.07, 6.45) is 2.30. The number of hydrogen-bond donors (Lipinski definition) is 1. The zero-order chi connectivity index (χ0) is 9.61. The first-order valence-corrected chi connectivity index (χ1v) is 4.66. The molecule has 0 radical (unpaired) electrons. The van der Waals surface area contributed by atoms with E-state index in [9.17, 15) is 0 Å². The fourth-order valence-corrected chi connectivity index (χ4v) is 1.35. The van der Waals surface area contributed by atoms with Gasteiger partial charge in [0.1, 0.15) is 0 Å². The summed E-state index contributed by atoms with van der Waals surface area (Å²) >= 11 is 0. The Morgan fingerprint density at radius 2 is 1.92 bits per heavy atom. The third-order valence-electron chi connectivity index (χ3n) is 1.94. The van der Waals surface area contributed by atoms with Gasteiger partial charge in [-0.25, -0.2) is 0 Å². The van der Waals surface area contributed by atoms with Crippen LogP contribution in [0.4, 0.5) is 0 Å². The number of ether oxygens (including phenoxy) is 1. The summed E-state index contributed by atoms with van der Waals surface area (Å²) < 4.78 is 5.05. The molecule has 74 valence electrons. The van der Waals surface area contributed by atoms with Crippen LogP contribution in [0.1, 0.15) is 33.6 Å². The van der Waals surface area contributed by atoms with Gasteiger partial charge in [-0.05, 0) is 25.3 Å². The van der Waals surface area contributed by atoms with E-state index in [0.29, 0.717) is 11.5 Å². The maximum absolute atomic E-state index is 5.05.